The molecule has 0 unspecified atom stereocenters. The molecule has 0 saturated heterocycles. The number of hydrogen-bond acceptors (Lipinski definition) is 2. The van der Waals surface area contributed by atoms with Crippen molar-refractivity contribution in [2.75, 3.05) is 5.32 Å². The Morgan fingerprint density at radius 2 is 1.84 bits per heavy atom. The largest absolute Gasteiger partial charge is 0.334 e. The van der Waals surface area contributed by atoms with Crippen molar-refractivity contribution in [2.24, 2.45) is 0 Å². The van der Waals surface area contributed by atoms with Crippen molar-refractivity contribution in [2.45, 2.75) is 6.54 Å². The fourth-order valence-electron chi connectivity index (χ4n) is 1.43. The van der Waals surface area contributed by atoms with Gasteiger partial charge in [-0.05, 0) is 29.8 Å². The molecule has 2 N–H and O–H groups in total. The zero-order chi connectivity index (χ0) is 13.7. The molecule has 0 aliphatic heterocycles. The van der Waals surface area contributed by atoms with Gasteiger partial charge in [0.15, 0.2) is 11.6 Å². The molecule has 98 valence electrons. The van der Waals surface area contributed by atoms with Gasteiger partial charge in [-0.15, -0.1) is 0 Å². The number of urea groups is 1. The van der Waals surface area contributed by atoms with Crippen LogP contribution >= 0.6 is 0 Å². The third kappa shape index (κ3) is 3.74. The second-order valence-electron chi connectivity index (χ2n) is 3.79. The van der Waals surface area contributed by atoms with Crippen molar-refractivity contribution in [3.8, 4) is 0 Å². The highest BCUT2D eigenvalue weighted by molar-refractivity contribution is 5.89. The van der Waals surface area contributed by atoms with Gasteiger partial charge in [0.2, 0.25) is 0 Å². The molecule has 0 spiro atoms. The van der Waals surface area contributed by atoms with Crippen LogP contribution in [0.15, 0.2) is 42.7 Å². The van der Waals surface area contributed by atoms with Crippen molar-refractivity contribution < 1.29 is 13.6 Å². The summed E-state index contributed by atoms with van der Waals surface area (Å²) in [7, 11) is 0. The van der Waals surface area contributed by atoms with Gasteiger partial charge in [-0.2, -0.15) is 0 Å². The SMILES string of the molecule is O=C(NCc1ccncc1)Nc1ccc(F)c(F)c1. The number of hydrogen-bond donors (Lipinski definition) is 2. The number of carbonyl (C=O) groups is 1. The minimum Gasteiger partial charge on any atom is -0.334 e. The van der Waals surface area contributed by atoms with Crippen LogP contribution in [0.5, 0.6) is 0 Å². The van der Waals surface area contributed by atoms with E-state index in [1.54, 1.807) is 24.5 Å². The third-order valence-electron chi connectivity index (χ3n) is 2.38. The van der Waals surface area contributed by atoms with E-state index in [0.29, 0.717) is 6.54 Å². The quantitative estimate of drug-likeness (QED) is 0.894. The number of carbonyl (C=O) groups excluding carboxylic acids is 1. The Kier molecular flexibility index (Phi) is 4.02. The number of amides is 2. The number of pyridine rings is 1. The van der Waals surface area contributed by atoms with Crippen molar-refractivity contribution in [1.29, 1.82) is 0 Å². The van der Waals surface area contributed by atoms with Crippen LogP contribution in [0.1, 0.15) is 5.56 Å². The molecule has 0 aliphatic carbocycles. The molecule has 0 saturated carbocycles. The topological polar surface area (TPSA) is 54.0 Å². The van der Waals surface area contributed by atoms with Crippen LogP contribution in [0.3, 0.4) is 0 Å². The summed E-state index contributed by atoms with van der Waals surface area (Å²) in [4.78, 5) is 15.4. The van der Waals surface area contributed by atoms with Gasteiger partial charge < -0.3 is 10.6 Å². The summed E-state index contributed by atoms with van der Waals surface area (Å²) in [5.41, 5.74) is 1.07. The first-order valence-electron chi connectivity index (χ1n) is 5.54. The molecule has 1 aromatic carbocycles. The number of nitrogens with one attached hydrogen (secondary N) is 2. The minimum absolute atomic E-state index is 0.186. The van der Waals surface area contributed by atoms with Crippen LogP contribution in [-0.2, 0) is 6.54 Å². The zero-order valence-electron chi connectivity index (χ0n) is 9.86. The van der Waals surface area contributed by atoms with E-state index >= 15 is 0 Å². The summed E-state index contributed by atoms with van der Waals surface area (Å²) in [5, 5.41) is 5.00. The number of rotatable bonds is 3. The molecule has 0 atom stereocenters. The summed E-state index contributed by atoms with van der Waals surface area (Å²) >= 11 is 0. The van der Waals surface area contributed by atoms with E-state index in [9.17, 15) is 13.6 Å². The maximum absolute atomic E-state index is 12.9. The number of nitrogens with zero attached hydrogens (tertiary/aromatic N) is 1. The Balaban J connectivity index is 1.89. The summed E-state index contributed by atoms with van der Waals surface area (Å²) in [6, 6.07) is 6.18. The lowest BCUT2D eigenvalue weighted by atomic mass is 10.3. The Bertz CT molecular complexity index is 575. The molecule has 0 fully saturated rings. The average molecular weight is 263 g/mol. The number of anilines is 1. The Hall–Kier alpha value is -2.50. The second kappa shape index (κ2) is 5.90. The van der Waals surface area contributed by atoms with Crippen LogP contribution in [0.4, 0.5) is 19.3 Å². The van der Waals surface area contributed by atoms with Crippen molar-refractivity contribution in [3.63, 3.8) is 0 Å². The van der Waals surface area contributed by atoms with E-state index < -0.39 is 17.7 Å². The molecule has 1 aromatic heterocycles. The molecule has 2 rings (SSSR count). The van der Waals surface area contributed by atoms with Crippen molar-refractivity contribution in [3.05, 3.63) is 59.9 Å². The highest BCUT2D eigenvalue weighted by Gasteiger charge is 2.05. The molecule has 1 heterocycles. The summed E-state index contributed by atoms with van der Waals surface area (Å²) in [5.74, 6) is -1.96. The van der Waals surface area contributed by atoms with Crippen LogP contribution < -0.4 is 10.6 Å². The van der Waals surface area contributed by atoms with Crippen molar-refractivity contribution >= 4 is 11.7 Å². The molecule has 0 bridgehead atoms. The number of benzene rings is 1. The fourth-order valence-corrected chi connectivity index (χ4v) is 1.43. The van der Waals surface area contributed by atoms with Crippen LogP contribution in [0.25, 0.3) is 0 Å². The normalized spacial score (nSPS) is 10.0. The maximum atomic E-state index is 12.9. The highest BCUT2D eigenvalue weighted by atomic mass is 19.2. The predicted octanol–water partition coefficient (Wildman–Crippen LogP) is 2.68. The van der Waals surface area contributed by atoms with E-state index in [-0.39, 0.29) is 5.69 Å². The predicted molar refractivity (Wildman–Crippen MR) is 66.5 cm³/mol. The van der Waals surface area contributed by atoms with Gasteiger partial charge in [0.05, 0.1) is 0 Å². The number of aromatic nitrogens is 1. The molecular formula is C13H11F2N3O. The molecule has 0 radical (unpaired) electrons. The molecule has 4 nitrogen and oxygen atoms in total. The standard InChI is InChI=1S/C13H11F2N3O/c14-11-2-1-10(7-12(11)15)18-13(19)17-8-9-3-5-16-6-4-9/h1-7H,8H2,(H2,17,18,19). The Morgan fingerprint density at radius 3 is 2.53 bits per heavy atom. The van der Waals surface area contributed by atoms with Gasteiger partial charge in [0.1, 0.15) is 0 Å². The van der Waals surface area contributed by atoms with Gasteiger partial charge in [0.25, 0.3) is 0 Å². The first kappa shape index (κ1) is 12.9. The van der Waals surface area contributed by atoms with Gasteiger partial charge in [0, 0.05) is 30.7 Å². The molecule has 19 heavy (non-hydrogen) atoms. The Morgan fingerprint density at radius 1 is 1.11 bits per heavy atom. The second-order valence-corrected chi connectivity index (χ2v) is 3.79. The van der Waals surface area contributed by atoms with Crippen LogP contribution in [0, 0.1) is 11.6 Å². The number of halogens is 2. The lowest BCUT2D eigenvalue weighted by Gasteiger charge is -2.07. The van der Waals surface area contributed by atoms with E-state index in [1.165, 1.54) is 6.07 Å². The lowest BCUT2D eigenvalue weighted by molar-refractivity contribution is 0.251. The average Bonchev–Trinajstić information content (AvgIpc) is 2.42. The minimum atomic E-state index is -1.01. The van der Waals surface area contributed by atoms with Gasteiger partial charge in [-0.1, -0.05) is 0 Å². The van der Waals surface area contributed by atoms with E-state index in [4.69, 9.17) is 0 Å². The maximum Gasteiger partial charge on any atom is 0.319 e. The molecule has 0 aliphatic rings. The monoisotopic (exact) mass is 263 g/mol. The summed E-state index contributed by atoms with van der Waals surface area (Å²) in [6.45, 7) is 0.317. The molecule has 2 amide bonds. The smallest absolute Gasteiger partial charge is 0.319 e. The molecule has 6 heteroatoms. The van der Waals surface area contributed by atoms with E-state index in [0.717, 1.165) is 17.7 Å². The first-order chi connectivity index (χ1) is 9.15. The van der Waals surface area contributed by atoms with Crippen LogP contribution in [-0.4, -0.2) is 11.0 Å². The van der Waals surface area contributed by atoms with Gasteiger partial charge in [-0.25, -0.2) is 13.6 Å². The summed E-state index contributed by atoms with van der Waals surface area (Å²) < 4.78 is 25.6. The van der Waals surface area contributed by atoms with Crippen LogP contribution in [0.2, 0.25) is 0 Å². The summed E-state index contributed by atoms with van der Waals surface area (Å²) in [6.07, 6.45) is 3.23. The first-order valence-corrected chi connectivity index (χ1v) is 5.54. The van der Waals surface area contributed by atoms with E-state index in [1.807, 2.05) is 0 Å². The van der Waals surface area contributed by atoms with Crippen molar-refractivity contribution in [1.82, 2.24) is 10.3 Å². The fraction of sp³-hybridized carbons (Fsp3) is 0.0769. The third-order valence-corrected chi connectivity index (χ3v) is 2.38. The Labute approximate surface area is 108 Å². The van der Waals surface area contributed by atoms with Gasteiger partial charge >= 0.3 is 6.03 Å². The molecule has 2 aromatic rings. The van der Waals surface area contributed by atoms with Gasteiger partial charge in [-0.3, -0.25) is 4.98 Å². The molecular weight excluding hydrogens is 252 g/mol. The zero-order valence-corrected chi connectivity index (χ0v) is 9.86. The lowest BCUT2D eigenvalue weighted by Crippen LogP contribution is -2.28. The van der Waals surface area contributed by atoms with E-state index in [2.05, 4.69) is 15.6 Å². The highest BCUT2D eigenvalue weighted by Crippen LogP contribution is 2.12.